The Kier molecular flexibility index (Phi) is 7.41. The van der Waals surface area contributed by atoms with Gasteiger partial charge in [-0.2, -0.15) is 0 Å². The van der Waals surface area contributed by atoms with Crippen molar-refractivity contribution >= 4 is 11.5 Å². The van der Waals surface area contributed by atoms with Gasteiger partial charge in [-0.05, 0) is 36.8 Å². The molecular formula is C18H30N2O. The van der Waals surface area contributed by atoms with Crippen molar-refractivity contribution in [1.29, 1.82) is 0 Å². The fourth-order valence-corrected chi connectivity index (χ4v) is 2.12. The minimum atomic E-state index is 0.109. The normalized spacial score (nSPS) is 11.2. The van der Waals surface area contributed by atoms with Crippen LogP contribution >= 0.6 is 0 Å². The van der Waals surface area contributed by atoms with E-state index < -0.39 is 0 Å². The Bertz CT molecular complexity index is 411. The number of nitrogens with zero attached hydrogens (tertiary/aromatic N) is 2. The molecule has 0 unspecified atom stereocenters. The van der Waals surface area contributed by atoms with E-state index in [4.69, 9.17) is 0 Å². The van der Waals surface area contributed by atoms with E-state index in [1.165, 1.54) is 12.8 Å². The van der Waals surface area contributed by atoms with Crippen molar-refractivity contribution in [3.8, 4) is 0 Å². The predicted molar refractivity (Wildman–Crippen MR) is 90.0 cm³/mol. The van der Waals surface area contributed by atoms with Crippen LogP contribution in [0.1, 0.15) is 64.4 Å². The fourth-order valence-electron chi connectivity index (χ4n) is 2.12. The van der Waals surface area contributed by atoms with Gasteiger partial charge in [-0.3, -0.25) is 9.78 Å². The molecule has 0 N–H and O–H groups in total. The number of carbonyl (C=O) groups is 1. The van der Waals surface area contributed by atoms with Crippen LogP contribution in [0, 0.1) is 11.8 Å². The number of hydrogen-bond acceptors (Lipinski definition) is 3. The van der Waals surface area contributed by atoms with E-state index in [0.717, 1.165) is 18.8 Å². The quantitative estimate of drug-likeness (QED) is 0.624. The number of rotatable bonds is 9. The van der Waals surface area contributed by atoms with Gasteiger partial charge in [0.2, 0.25) is 0 Å². The van der Waals surface area contributed by atoms with Crippen LogP contribution in [0.5, 0.6) is 0 Å². The number of ketones is 1. The maximum Gasteiger partial charge on any atom is 0.180 e. The third-order valence-corrected chi connectivity index (χ3v) is 3.67. The summed E-state index contributed by atoms with van der Waals surface area (Å²) in [5, 5.41) is 0. The lowest BCUT2D eigenvalue weighted by molar-refractivity contribution is 0.0983. The zero-order valence-electron chi connectivity index (χ0n) is 14.2. The van der Waals surface area contributed by atoms with Gasteiger partial charge in [0.1, 0.15) is 5.69 Å². The molecule has 0 fully saturated rings. The largest absolute Gasteiger partial charge is 0.370 e. The van der Waals surface area contributed by atoms with Gasteiger partial charge in [0.05, 0.1) is 11.9 Å². The van der Waals surface area contributed by atoms with Crippen LogP contribution in [0.4, 0.5) is 5.69 Å². The van der Waals surface area contributed by atoms with E-state index in [9.17, 15) is 4.79 Å². The average molecular weight is 290 g/mol. The first-order chi connectivity index (χ1) is 9.93. The van der Waals surface area contributed by atoms with Crippen molar-refractivity contribution in [2.45, 2.75) is 53.9 Å². The lowest BCUT2D eigenvalue weighted by atomic mass is 10.1. The zero-order valence-corrected chi connectivity index (χ0v) is 14.2. The minimum absolute atomic E-state index is 0.109. The first-order valence-corrected chi connectivity index (χ1v) is 8.18. The van der Waals surface area contributed by atoms with E-state index in [-0.39, 0.29) is 5.78 Å². The summed E-state index contributed by atoms with van der Waals surface area (Å²) in [6.07, 6.45) is 4.71. The van der Waals surface area contributed by atoms with Crippen LogP contribution in [0.3, 0.4) is 0 Å². The molecule has 1 aromatic rings. The topological polar surface area (TPSA) is 33.2 Å². The van der Waals surface area contributed by atoms with Crippen LogP contribution in [0.2, 0.25) is 0 Å². The fraction of sp³-hybridized carbons (Fsp3) is 0.667. The zero-order chi connectivity index (χ0) is 15.8. The molecule has 0 bridgehead atoms. The molecule has 0 aliphatic rings. The van der Waals surface area contributed by atoms with Gasteiger partial charge in [-0.25, -0.2) is 0 Å². The highest BCUT2D eigenvalue weighted by Crippen LogP contribution is 2.17. The van der Waals surface area contributed by atoms with Crippen molar-refractivity contribution in [2.24, 2.45) is 11.8 Å². The molecule has 3 heteroatoms. The maximum atomic E-state index is 11.6. The molecule has 1 rings (SSSR count). The molecular weight excluding hydrogens is 260 g/mol. The summed E-state index contributed by atoms with van der Waals surface area (Å²) in [6, 6.07) is 3.90. The number of hydrogen-bond donors (Lipinski definition) is 0. The Morgan fingerprint density at radius 2 is 1.67 bits per heavy atom. The molecule has 0 spiro atoms. The Labute approximate surface area is 129 Å². The lowest BCUT2D eigenvalue weighted by Gasteiger charge is -2.26. The average Bonchev–Trinajstić information content (AvgIpc) is 2.46. The molecule has 0 radical (unpaired) electrons. The SMILES string of the molecule is CCC(=O)c1ccc(N(CCC(C)C)CCC(C)C)cn1. The van der Waals surface area contributed by atoms with E-state index >= 15 is 0 Å². The molecule has 0 aliphatic carbocycles. The summed E-state index contributed by atoms with van der Waals surface area (Å²) in [6.45, 7) is 13.0. The van der Waals surface area contributed by atoms with Crippen LogP contribution < -0.4 is 4.90 Å². The highest BCUT2D eigenvalue weighted by Gasteiger charge is 2.11. The first-order valence-electron chi connectivity index (χ1n) is 8.18. The van der Waals surface area contributed by atoms with E-state index in [0.29, 0.717) is 24.0 Å². The Balaban J connectivity index is 2.78. The van der Waals surface area contributed by atoms with Gasteiger partial charge in [0, 0.05) is 19.5 Å². The van der Waals surface area contributed by atoms with Gasteiger partial charge in [0.15, 0.2) is 5.78 Å². The molecule has 0 aromatic carbocycles. The van der Waals surface area contributed by atoms with Crippen molar-refractivity contribution < 1.29 is 4.79 Å². The minimum Gasteiger partial charge on any atom is -0.370 e. The number of aromatic nitrogens is 1. The molecule has 21 heavy (non-hydrogen) atoms. The van der Waals surface area contributed by atoms with Crippen LogP contribution in [-0.2, 0) is 0 Å². The summed E-state index contributed by atoms with van der Waals surface area (Å²) in [4.78, 5) is 18.4. The summed E-state index contributed by atoms with van der Waals surface area (Å²) < 4.78 is 0. The Morgan fingerprint density at radius 1 is 1.10 bits per heavy atom. The molecule has 0 amide bonds. The van der Waals surface area contributed by atoms with E-state index in [1.54, 1.807) is 0 Å². The Morgan fingerprint density at radius 3 is 2.05 bits per heavy atom. The highest BCUT2D eigenvalue weighted by molar-refractivity contribution is 5.94. The second-order valence-corrected chi connectivity index (χ2v) is 6.53. The van der Waals surface area contributed by atoms with Crippen LogP contribution in [-0.4, -0.2) is 23.9 Å². The maximum absolute atomic E-state index is 11.6. The molecule has 0 atom stereocenters. The molecule has 0 saturated heterocycles. The Hall–Kier alpha value is -1.38. The molecule has 3 nitrogen and oxygen atoms in total. The third kappa shape index (κ3) is 6.28. The molecule has 118 valence electrons. The van der Waals surface area contributed by atoms with Crippen LogP contribution in [0.25, 0.3) is 0 Å². The van der Waals surface area contributed by atoms with Gasteiger partial charge >= 0.3 is 0 Å². The van der Waals surface area contributed by atoms with Gasteiger partial charge in [-0.15, -0.1) is 0 Å². The van der Waals surface area contributed by atoms with Crippen molar-refractivity contribution in [2.75, 3.05) is 18.0 Å². The molecule has 0 saturated carbocycles. The number of pyridine rings is 1. The number of Topliss-reactive ketones (excluding diaryl/α,β-unsaturated/α-hetero) is 1. The summed E-state index contributed by atoms with van der Waals surface area (Å²) in [5.74, 6) is 1.50. The number of carbonyl (C=O) groups excluding carboxylic acids is 1. The molecule has 1 aromatic heterocycles. The second-order valence-electron chi connectivity index (χ2n) is 6.53. The summed E-state index contributed by atoms with van der Waals surface area (Å²) in [7, 11) is 0. The monoisotopic (exact) mass is 290 g/mol. The van der Waals surface area contributed by atoms with Crippen LogP contribution in [0.15, 0.2) is 18.3 Å². The van der Waals surface area contributed by atoms with Crippen molar-refractivity contribution in [3.63, 3.8) is 0 Å². The smallest absolute Gasteiger partial charge is 0.180 e. The highest BCUT2D eigenvalue weighted by atomic mass is 16.1. The predicted octanol–water partition coefficient (Wildman–Crippen LogP) is 4.57. The summed E-state index contributed by atoms with van der Waals surface area (Å²) in [5.41, 5.74) is 1.71. The first kappa shape index (κ1) is 17.7. The molecule has 0 aliphatic heterocycles. The lowest BCUT2D eigenvalue weighted by Crippen LogP contribution is -2.27. The number of anilines is 1. The van der Waals surface area contributed by atoms with Gasteiger partial charge in [0.25, 0.3) is 0 Å². The van der Waals surface area contributed by atoms with Gasteiger partial charge in [-0.1, -0.05) is 34.6 Å². The molecule has 1 heterocycles. The van der Waals surface area contributed by atoms with Crippen molar-refractivity contribution in [3.05, 3.63) is 24.0 Å². The summed E-state index contributed by atoms with van der Waals surface area (Å²) >= 11 is 0. The van der Waals surface area contributed by atoms with E-state index in [1.807, 2.05) is 25.3 Å². The second kappa shape index (κ2) is 8.81. The van der Waals surface area contributed by atoms with E-state index in [2.05, 4.69) is 37.6 Å². The third-order valence-electron chi connectivity index (χ3n) is 3.67. The standard InChI is InChI=1S/C18H30N2O/c1-6-18(21)17-8-7-16(13-19-17)20(11-9-14(2)3)12-10-15(4)5/h7-8,13-15H,6,9-12H2,1-5H3. The van der Waals surface area contributed by atoms with Crippen molar-refractivity contribution in [1.82, 2.24) is 4.98 Å². The van der Waals surface area contributed by atoms with Gasteiger partial charge < -0.3 is 4.90 Å².